The third-order valence-electron chi connectivity index (χ3n) is 5.63. The van der Waals surface area contributed by atoms with E-state index in [1.165, 1.54) is 11.0 Å². The fourth-order valence-electron chi connectivity index (χ4n) is 4.01. The first-order valence-corrected chi connectivity index (χ1v) is 10.6. The summed E-state index contributed by atoms with van der Waals surface area (Å²) in [6.07, 6.45) is 1.99. The van der Waals surface area contributed by atoms with Gasteiger partial charge in [-0.15, -0.1) is 0 Å². The van der Waals surface area contributed by atoms with Gasteiger partial charge in [0.15, 0.2) is 0 Å². The average Bonchev–Trinajstić information content (AvgIpc) is 3.26. The van der Waals surface area contributed by atoms with E-state index >= 15 is 0 Å². The standard InChI is InChI=1S/C23H29N5O4/c1-14(24)26-12-4-8-18(23(32)28-13-5-9-19(28)21(25)30)27-22(31)17-11-10-15-6-2-3-7-16(15)20(17)29/h2-3,6-7,10-11,18-19,26,29H,1,4-5,8-9,12-13,24H2,(H2,25,30)(H,27,31). The Labute approximate surface area is 186 Å². The molecule has 2 aromatic rings. The Hall–Kier alpha value is -3.75. The van der Waals surface area contributed by atoms with Crippen molar-refractivity contribution < 1.29 is 19.5 Å². The first-order valence-electron chi connectivity index (χ1n) is 10.6. The van der Waals surface area contributed by atoms with Crippen molar-refractivity contribution in [1.29, 1.82) is 0 Å². The van der Waals surface area contributed by atoms with E-state index in [4.69, 9.17) is 11.5 Å². The number of amides is 3. The Kier molecular flexibility index (Phi) is 7.19. The predicted octanol–water partition coefficient (Wildman–Crippen LogP) is 0.920. The summed E-state index contributed by atoms with van der Waals surface area (Å²) in [5.41, 5.74) is 11.0. The number of nitrogens with zero attached hydrogens (tertiary/aromatic N) is 1. The highest BCUT2D eigenvalue weighted by atomic mass is 16.3. The van der Waals surface area contributed by atoms with Crippen molar-refractivity contribution in [2.45, 2.75) is 37.8 Å². The Balaban J connectivity index is 1.80. The van der Waals surface area contributed by atoms with Crippen molar-refractivity contribution in [3.8, 4) is 5.75 Å². The molecule has 32 heavy (non-hydrogen) atoms. The fraction of sp³-hybridized carbons (Fsp3) is 0.348. The number of phenolic OH excluding ortho intramolecular Hbond substituents is 1. The molecule has 1 saturated heterocycles. The van der Waals surface area contributed by atoms with Crippen LogP contribution in [-0.2, 0) is 9.59 Å². The van der Waals surface area contributed by atoms with E-state index in [9.17, 15) is 19.5 Å². The molecule has 9 nitrogen and oxygen atoms in total. The molecule has 1 heterocycles. The molecular formula is C23H29N5O4. The number of hydrogen-bond donors (Lipinski definition) is 5. The zero-order chi connectivity index (χ0) is 23.3. The van der Waals surface area contributed by atoms with Gasteiger partial charge in [0.1, 0.15) is 17.8 Å². The van der Waals surface area contributed by atoms with Gasteiger partial charge in [0.05, 0.1) is 11.4 Å². The summed E-state index contributed by atoms with van der Waals surface area (Å²) in [6.45, 7) is 4.43. The third-order valence-corrected chi connectivity index (χ3v) is 5.63. The normalized spacial score (nSPS) is 16.5. The minimum Gasteiger partial charge on any atom is -0.506 e. The number of primary amides is 1. The number of nitrogens with one attached hydrogen (secondary N) is 2. The van der Waals surface area contributed by atoms with E-state index in [0.29, 0.717) is 50.0 Å². The van der Waals surface area contributed by atoms with Crippen LogP contribution in [-0.4, -0.2) is 52.9 Å². The average molecular weight is 440 g/mol. The Bertz CT molecular complexity index is 1040. The summed E-state index contributed by atoms with van der Waals surface area (Å²) in [4.78, 5) is 39.4. The molecule has 170 valence electrons. The van der Waals surface area contributed by atoms with Crippen LogP contribution < -0.4 is 22.1 Å². The Morgan fingerprint density at radius 1 is 1.19 bits per heavy atom. The molecule has 0 saturated carbocycles. The summed E-state index contributed by atoms with van der Waals surface area (Å²) in [5.74, 6) is -1.34. The van der Waals surface area contributed by atoms with E-state index in [1.54, 1.807) is 18.2 Å². The molecule has 1 aliphatic heterocycles. The smallest absolute Gasteiger partial charge is 0.255 e. The molecule has 0 aromatic heterocycles. The molecule has 1 fully saturated rings. The minimum atomic E-state index is -0.888. The lowest BCUT2D eigenvalue weighted by Gasteiger charge is -2.28. The molecule has 2 atom stereocenters. The van der Waals surface area contributed by atoms with Gasteiger partial charge >= 0.3 is 0 Å². The molecular weight excluding hydrogens is 410 g/mol. The van der Waals surface area contributed by atoms with Crippen LogP contribution in [0, 0.1) is 0 Å². The minimum absolute atomic E-state index is 0.0721. The van der Waals surface area contributed by atoms with Crippen LogP contribution >= 0.6 is 0 Å². The lowest BCUT2D eigenvalue weighted by Crippen LogP contribution is -2.53. The molecule has 3 amide bonds. The summed E-state index contributed by atoms with van der Waals surface area (Å²) in [7, 11) is 0. The summed E-state index contributed by atoms with van der Waals surface area (Å²) in [5, 5.41) is 17.6. The number of hydrogen-bond acceptors (Lipinski definition) is 6. The van der Waals surface area contributed by atoms with Crippen molar-refractivity contribution in [2.75, 3.05) is 13.1 Å². The van der Waals surface area contributed by atoms with E-state index in [1.807, 2.05) is 12.1 Å². The second-order valence-corrected chi connectivity index (χ2v) is 7.90. The second kappa shape index (κ2) is 10.0. The van der Waals surface area contributed by atoms with Gasteiger partial charge in [-0.2, -0.15) is 0 Å². The molecule has 2 aromatic carbocycles. The number of carbonyl (C=O) groups is 3. The molecule has 9 heteroatoms. The summed E-state index contributed by atoms with van der Waals surface area (Å²) in [6, 6.07) is 8.85. The largest absolute Gasteiger partial charge is 0.506 e. The maximum Gasteiger partial charge on any atom is 0.255 e. The SMILES string of the molecule is C=C(N)NCCCC(NC(=O)c1ccc2ccccc2c1O)C(=O)N1CCCC1C(N)=O. The molecule has 0 spiro atoms. The van der Waals surface area contributed by atoms with Gasteiger partial charge in [-0.1, -0.05) is 36.9 Å². The van der Waals surface area contributed by atoms with Crippen LogP contribution in [0.5, 0.6) is 5.75 Å². The molecule has 0 radical (unpaired) electrons. The molecule has 3 rings (SSSR count). The lowest BCUT2D eigenvalue weighted by atomic mass is 10.0. The van der Waals surface area contributed by atoms with Crippen LogP contribution in [0.3, 0.4) is 0 Å². The number of aromatic hydroxyl groups is 1. The molecule has 7 N–H and O–H groups in total. The zero-order valence-corrected chi connectivity index (χ0v) is 17.8. The lowest BCUT2D eigenvalue weighted by molar-refractivity contribution is -0.139. The predicted molar refractivity (Wildman–Crippen MR) is 121 cm³/mol. The summed E-state index contributed by atoms with van der Waals surface area (Å²) >= 11 is 0. The maximum absolute atomic E-state index is 13.2. The van der Waals surface area contributed by atoms with E-state index in [0.717, 1.165) is 5.39 Å². The maximum atomic E-state index is 13.2. The topological polar surface area (TPSA) is 151 Å². The number of fused-ring (bicyclic) bond motifs is 1. The third kappa shape index (κ3) is 5.11. The van der Waals surface area contributed by atoms with Crippen molar-refractivity contribution >= 4 is 28.5 Å². The molecule has 2 unspecified atom stereocenters. The first kappa shape index (κ1) is 22.9. The van der Waals surface area contributed by atoms with Crippen LogP contribution in [0.2, 0.25) is 0 Å². The van der Waals surface area contributed by atoms with Crippen LogP contribution in [0.25, 0.3) is 10.8 Å². The van der Waals surface area contributed by atoms with E-state index in [-0.39, 0.29) is 17.2 Å². The van der Waals surface area contributed by atoms with Gasteiger partial charge in [0, 0.05) is 18.5 Å². The number of rotatable bonds is 9. The number of nitrogens with two attached hydrogens (primary N) is 2. The molecule has 0 aliphatic carbocycles. The van der Waals surface area contributed by atoms with Crippen LogP contribution in [0.4, 0.5) is 0 Å². The quantitative estimate of drug-likeness (QED) is 0.367. The number of likely N-dealkylation sites (tertiary alicyclic amines) is 1. The van der Waals surface area contributed by atoms with Crippen LogP contribution in [0.15, 0.2) is 48.8 Å². The van der Waals surface area contributed by atoms with Crippen molar-refractivity contribution in [3.05, 3.63) is 54.4 Å². The van der Waals surface area contributed by atoms with Gasteiger partial charge in [-0.3, -0.25) is 14.4 Å². The number of benzene rings is 2. The van der Waals surface area contributed by atoms with Crippen molar-refractivity contribution in [3.63, 3.8) is 0 Å². The monoisotopic (exact) mass is 439 g/mol. The fourth-order valence-corrected chi connectivity index (χ4v) is 4.01. The van der Waals surface area contributed by atoms with Gasteiger partial charge < -0.3 is 32.1 Å². The Morgan fingerprint density at radius 3 is 2.66 bits per heavy atom. The van der Waals surface area contributed by atoms with Crippen molar-refractivity contribution in [2.24, 2.45) is 11.5 Å². The van der Waals surface area contributed by atoms with Gasteiger partial charge in [0.25, 0.3) is 5.91 Å². The highest BCUT2D eigenvalue weighted by Gasteiger charge is 2.36. The Morgan fingerprint density at radius 2 is 1.94 bits per heavy atom. The second-order valence-electron chi connectivity index (χ2n) is 7.90. The van der Waals surface area contributed by atoms with E-state index < -0.39 is 23.9 Å². The first-order chi connectivity index (χ1) is 15.3. The van der Waals surface area contributed by atoms with Crippen molar-refractivity contribution in [1.82, 2.24) is 15.5 Å². The van der Waals surface area contributed by atoms with E-state index in [2.05, 4.69) is 17.2 Å². The zero-order valence-electron chi connectivity index (χ0n) is 17.8. The van der Waals surface area contributed by atoms with Gasteiger partial charge in [-0.25, -0.2) is 0 Å². The van der Waals surface area contributed by atoms with Gasteiger partial charge in [0.2, 0.25) is 11.8 Å². The highest BCUT2D eigenvalue weighted by molar-refractivity contribution is 6.05. The highest BCUT2D eigenvalue weighted by Crippen LogP contribution is 2.28. The summed E-state index contributed by atoms with van der Waals surface area (Å²) < 4.78 is 0. The van der Waals surface area contributed by atoms with Crippen LogP contribution in [0.1, 0.15) is 36.0 Å². The molecule has 1 aliphatic rings. The molecule has 0 bridgehead atoms. The number of carbonyl (C=O) groups excluding carboxylic acids is 3. The van der Waals surface area contributed by atoms with Gasteiger partial charge in [-0.05, 0) is 37.1 Å². The number of phenols is 1.